The Morgan fingerprint density at radius 2 is 2.09 bits per heavy atom. The maximum atomic E-state index is 5.45. The molecule has 0 aromatic rings. The quantitative estimate of drug-likeness (QED) is 0.298. The second kappa shape index (κ2) is 11.4. The van der Waals surface area contributed by atoms with Crippen molar-refractivity contribution >= 4 is 29.9 Å². The normalized spacial score (nSPS) is 23.5. The first-order chi connectivity index (χ1) is 10.3. The molecule has 2 heterocycles. The lowest BCUT2D eigenvalue weighted by molar-refractivity contribution is 0.0195. The van der Waals surface area contributed by atoms with Crippen LogP contribution in [0.1, 0.15) is 19.8 Å². The van der Waals surface area contributed by atoms with Gasteiger partial charge in [0.25, 0.3) is 0 Å². The fourth-order valence-electron chi connectivity index (χ4n) is 2.99. The summed E-state index contributed by atoms with van der Waals surface area (Å²) >= 11 is 0. The molecule has 1 unspecified atom stereocenters. The van der Waals surface area contributed by atoms with Gasteiger partial charge < -0.3 is 19.7 Å². The number of likely N-dealkylation sites (tertiary alicyclic amines) is 1. The van der Waals surface area contributed by atoms with Gasteiger partial charge in [-0.15, -0.1) is 24.0 Å². The van der Waals surface area contributed by atoms with E-state index in [0.717, 1.165) is 71.5 Å². The van der Waals surface area contributed by atoms with E-state index in [2.05, 4.69) is 22.0 Å². The molecule has 0 saturated carbocycles. The number of ether oxygens (including phenoxy) is 2. The lowest BCUT2D eigenvalue weighted by Gasteiger charge is -2.32. The number of morpholine rings is 1. The van der Waals surface area contributed by atoms with E-state index in [4.69, 9.17) is 14.5 Å². The van der Waals surface area contributed by atoms with Crippen molar-refractivity contribution < 1.29 is 9.47 Å². The Hall–Kier alpha value is -0.120. The predicted octanol–water partition coefficient (Wildman–Crippen LogP) is 1.01. The van der Waals surface area contributed by atoms with Crippen molar-refractivity contribution in [3.05, 3.63) is 0 Å². The van der Waals surface area contributed by atoms with Crippen LogP contribution >= 0.6 is 24.0 Å². The number of hydrogen-bond acceptors (Lipinski definition) is 4. The van der Waals surface area contributed by atoms with E-state index >= 15 is 0 Å². The fourth-order valence-corrected chi connectivity index (χ4v) is 2.99. The molecule has 2 saturated heterocycles. The van der Waals surface area contributed by atoms with Crippen LogP contribution in [0.2, 0.25) is 0 Å². The van der Waals surface area contributed by atoms with E-state index in [1.165, 1.54) is 6.42 Å². The third-order valence-electron chi connectivity index (χ3n) is 4.13. The minimum absolute atomic E-state index is 0. The van der Waals surface area contributed by atoms with Gasteiger partial charge in [0, 0.05) is 59.0 Å². The Balaban J connectivity index is 0.00000242. The van der Waals surface area contributed by atoms with Crippen LogP contribution in [-0.4, -0.2) is 88.0 Å². The first-order valence-electron chi connectivity index (χ1n) is 8.19. The van der Waals surface area contributed by atoms with Crippen molar-refractivity contribution in [2.75, 3.05) is 66.2 Å². The predicted molar refractivity (Wildman–Crippen MR) is 100 cm³/mol. The van der Waals surface area contributed by atoms with Crippen molar-refractivity contribution in [1.29, 1.82) is 0 Å². The number of halogens is 1. The number of nitrogens with zero attached hydrogens (tertiary/aromatic N) is 3. The maximum absolute atomic E-state index is 5.45. The Morgan fingerprint density at radius 1 is 1.32 bits per heavy atom. The summed E-state index contributed by atoms with van der Waals surface area (Å²) < 4.78 is 10.5. The van der Waals surface area contributed by atoms with Gasteiger partial charge in [-0.25, -0.2) is 0 Å². The lowest BCUT2D eigenvalue weighted by atomic mass is 10.2. The highest BCUT2D eigenvalue weighted by molar-refractivity contribution is 14.0. The summed E-state index contributed by atoms with van der Waals surface area (Å²) in [5, 5.41) is 3.42. The molecule has 6 nitrogen and oxygen atoms in total. The van der Waals surface area contributed by atoms with Gasteiger partial charge in [-0.05, 0) is 19.8 Å². The van der Waals surface area contributed by atoms with Crippen molar-refractivity contribution in [1.82, 2.24) is 15.1 Å². The number of nitrogens with one attached hydrogen (secondary N) is 1. The number of hydrogen-bond donors (Lipinski definition) is 1. The van der Waals surface area contributed by atoms with Crippen LogP contribution in [0.3, 0.4) is 0 Å². The van der Waals surface area contributed by atoms with E-state index in [1.54, 1.807) is 7.11 Å². The smallest absolute Gasteiger partial charge is 0.193 e. The third-order valence-corrected chi connectivity index (χ3v) is 4.13. The number of guanidine groups is 1. The minimum Gasteiger partial charge on any atom is -0.385 e. The van der Waals surface area contributed by atoms with Gasteiger partial charge in [-0.2, -0.15) is 0 Å². The van der Waals surface area contributed by atoms with E-state index in [1.807, 2.05) is 0 Å². The molecule has 0 spiro atoms. The van der Waals surface area contributed by atoms with Gasteiger partial charge in [0.1, 0.15) is 0 Å². The first-order valence-corrected chi connectivity index (χ1v) is 8.19. The molecule has 0 bridgehead atoms. The molecule has 0 aliphatic carbocycles. The lowest BCUT2D eigenvalue weighted by Crippen LogP contribution is -2.46. The Bertz CT molecular complexity index is 325. The van der Waals surface area contributed by atoms with Crippen molar-refractivity contribution in [3.8, 4) is 0 Å². The van der Waals surface area contributed by atoms with Crippen LogP contribution in [0.15, 0.2) is 4.99 Å². The van der Waals surface area contributed by atoms with Crippen LogP contribution in [0.4, 0.5) is 0 Å². The SMILES string of the molecule is CCNC(=NCCCOC)N1CCC(N2CCOCC2)C1.I. The molecule has 0 radical (unpaired) electrons. The highest BCUT2D eigenvalue weighted by Gasteiger charge is 2.30. The molecular weight excluding hydrogens is 395 g/mol. The van der Waals surface area contributed by atoms with Crippen LogP contribution in [-0.2, 0) is 9.47 Å². The Morgan fingerprint density at radius 3 is 2.77 bits per heavy atom. The van der Waals surface area contributed by atoms with Gasteiger partial charge >= 0.3 is 0 Å². The highest BCUT2D eigenvalue weighted by atomic mass is 127. The molecule has 2 rings (SSSR count). The van der Waals surface area contributed by atoms with Crippen LogP contribution < -0.4 is 5.32 Å². The highest BCUT2D eigenvalue weighted by Crippen LogP contribution is 2.17. The Labute approximate surface area is 151 Å². The summed E-state index contributed by atoms with van der Waals surface area (Å²) in [6.07, 6.45) is 2.20. The molecule has 2 aliphatic heterocycles. The van der Waals surface area contributed by atoms with Crippen LogP contribution in [0.25, 0.3) is 0 Å². The van der Waals surface area contributed by atoms with Crippen LogP contribution in [0, 0.1) is 0 Å². The summed E-state index contributed by atoms with van der Waals surface area (Å²) in [7, 11) is 1.74. The van der Waals surface area contributed by atoms with E-state index < -0.39 is 0 Å². The average molecular weight is 426 g/mol. The topological polar surface area (TPSA) is 49.3 Å². The van der Waals surface area contributed by atoms with Crippen LogP contribution in [0.5, 0.6) is 0 Å². The minimum atomic E-state index is 0. The summed E-state index contributed by atoms with van der Waals surface area (Å²) in [5.74, 6) is 1.06. The third kappa shape index (κ3) is 6.17. The molecule has 0 aromatic heterocycles. The van der Waals surface area contributed by atoms with Gasteiger partial charge in [0.15, 0.2) is 5.96 Å². The summed E-state index contributed by atoms with van der Waals surface area (Å²) in [5.41, 5.74) is 0. The van der Waals surface area contributed by atoms with E-state index in [0.29, 0.717) is 6.04 Å². The van der Waals surface area contributed by atoms with E-state index in [9.17, 15) is 0 Å². The maximum Gasteiger partial charge on any atom is 0.193 e. The molecule has 1 N–H and O–H groups in total. The second-order valence-electron chi connectivity index (χ2n) is 5.62. The van der Waals surface area contributed by atoms with Crippen molar-refractivity contribution in [2.45, 2.75) is 25.8 Å². The number of methoxy groups -OCH3 is 1. The number of rotatable bonds is 6. The summed E-state index contributed by atoms with van der Waals surface area (Å²) in [6.45, 7) is 10.7. The Kier molecular flexibility index (Phi) is 10.3. The average Bonchev–Trinajstić information content (AvgIpc) is 3.01. The monoisotopic (exact) mass is 426 g/mol. The van der Waals surface area contributed by atoms with Crippen molar-refractivity contribution in [3.63, 3.8) is 0 Å². The molecule has 2 aliphatic rings. The van der Waals surface area contributed by atoms with Crippen molar-refractivity contribution in [2.24, 2.45) is 4.99 Å². The standard InChI is InChI=1S/C15H30N4O2.HI/c1-3-16-15(17-6-4-10-20-2)19-7-5-14(13-19)18-8-11-21-12-9-18;/h14H,3-13H2,1-2H3,(H,16,17);1H. The molecule has 0 amide bonds. The molecule has 0 aromatic carbocycles. The largest absolute Gasteiger partial charge is 0.385 e. The zero-order chi connectivity index (χ0) is 14.9. The summed E-state index contributed by atoms with van der Waals surface area (Å²) in [6, 6.07) is 0.650. The zero-order valence-electron chi connectivity index (χ0n) is 13.9. The van der Waals surface area contributed by atoms with Gasteiger partial charge in [-0.1, -0.05) is 0 Å². The molecule has 2 fully saturated rings. The molecular formula is C15H31IN4O2. The molecule has 130 valence electrons. The molecule has 7 heteroatoms. The molecule has 22 heavy (non-hydrogen) atoms. The summed E-state index contributed by atoms with van der Waals surface area (Å²) in [4.78, 5) is 9.69. The van der Waals surface area contributed by atoms with E-state index in [-0.39, 0.29) is 24.0 Å². The zero-order valence-corrected chi connectivity index (χ0v) is 16.3. The van der Waals surface area contributed by atoms with Gasteiger partial charge in [-0.3, -0.25) is 9.89 Å². The first kappa shape index (κ1) is 19.9. The molecule has 1 atom stereocenters. The van der Waals surface area contributed by atoms with Gasteiger partial charge in [0.2, 0.25) is 0 Å². The van der Waals surface area contributed by atoms with Gasteiger partial charge in [0.05, 0.1) is 13.2 Å². The fraction of sp³-hybridized carbons (Fsp3) is 0.933. The second-order valence-corrected chi connectivity index (χ2v) is 5.62. The number of aliphatic imine (C=N–C) groups is 1.